The maximum absolute atomic E-state index is 13.0. The van der Waals surface area contributed by atoms with Crippen molar-refractivity contribution < 1.29 is 14.3 Å². The molecule has 1 aliphatic rings. The van der Waals surface area contributed by atoms with E-state index in [9.17, 15) is 14.3 Å². The average Bonchev–Trinajstić information content (AvgIpc) is 3.49. The number of pyridine rings is 2. The fraction of sp³-hybridized carbons (Fsp3) is 0.346. The van der Waals surface area contributed by atoms with E-state index in [1.807, 2.05) is 45.0 Å². The van der Waals surface area contributed by atoms with E-state index in [2.05, 4.69) is 30.6 Å². The molecule has 194 valence electrons. The van der Waals surface area contributed by atoms with Crippen LogP contribution in [0.3, 0.4) is 0 Å². The van der Waals surface area contributed by atoms with E-state index >= 15 is 0 Å². The van der Waals surface area contributed by atoms with E-state index in [-0.39, 0.29) is 24.0 Å². The summed E-state index contributed by atoms with van der Waals surface area (Å²) < 4.78 is 14.3. The summed E-state index contributed by atoms with van der Waals surface area (Å²) in [6.45, 7) is 5.92. The summed E-state index contributed by atoms with van der Waals surface area (Å²) in [6.07, 6.45) is 6.55. The number of rotatable bonds is 6. The summed E-state index contributed by atoms with van der Waals surface area (Å²) in [6, 6.07) is 9.33. The third-order valence-corrected chi connectivity index (χ3v) is 6.31. The first-order chi connectivity index (χ1) is 17.7. The molecule has 0 aromatic carbocycles. The monoisotopic (exact) mass is 506 g/mol. The second-order valence-corrected chi connectivity index (χ2v) is 9.28. The molecule has 3 N–H and O–H groups in total. The molecule has 5 rings (SSSR count). The fourth-order valence-electron chi connectivity index (χ4n) is 3.92. The molecule has 11 heteroatoms. The Morgan fingerprint density at radius 3 is 2.54 bits per heavy atom. The normalized spacial score (nSPS) is 17.2. The highest BCUT2D eigenvalue weighted by Gasteiger charge is 2.36. The number of carbonyl (C=O) groups excluding carboxylic acids is 1. The molecule has 10 nitrogen and oxygen atoms in total. The fourth-order valence-corrected chi connectivity index (χ4v) is 3.92. The molecule has 1 saturated carbocycles. The lowest BCUT2D eigenvalue weighted by atomic mass is 9.81. The first-order valence-corrected chi connectivity index (χ1v) is 12.0. The summed E-state index contributed by atoms with van der Waals surface area (Å²) in [7, 11) is 1.76. The number of aromatic nitrogens is 6. The number of aliphatic hydroxyl groups is 1. The standard InChI is InChI=1S/C16H19FN4O2.C10H12N4/c1-10(20(2)16(23)12-5-14(22)6-12)11-3-4-15(18-7-11)21-9-13(17)8-19-21;1-7-3-4-11-9(5-7)12-10-6-8(2)13-14-10/h3-4,7-10,12,14,22H,5-6H2,1-2H3;3-6H,1-2H3,(H2,11,12,13,14). The van der Waals surface area contributed by atoms with Gasteiger partial charge < -0.3 is 15.3 Å². The molecule has 1 aliphatic carbocycles. The van der Waals surface area contributed by atoms with Gasteiger partial charge in [0.05, 0.1) is 24.5 Å². The van der Waals surface area contributed by atoms with Crippen LogP contribution in [0.1, 0.15) is 42.6 Å². The van der Waals surface area contributed by atoms with Crippen molar-refractivity contribution in [3.63, 3.8) is 0 Å². The molecule has 4 heterocycles. The van der Waals surface area contributed by atoms with Gasteiger partial charge in [0.25, 0.3) is 0 Å². The molecular formula is C26H31FN8O2. The summed E-state index contributed by atoms with van der Waals surface area (Å²) in [5.74, 6) is 1.66. The van der Waals surface area contributed by atoms with Crippen LogP contribution in [0.2, 0.25) is 0 Å². The number of nitrogens with zero attached hydrogens (tertiary/aromatic N) is 6. The number of anilines is 2. The Balaban J connectivity index is 0.000000195. The van der Waals surface area contributed by atoms with Gasteiger partial charge in [-0.15, -0.1) is 0 Å². The molecule has 0 saturated heterocycles. The number of hydrogen-bond acceptors (Lipinski definition) is 7. The molecule has 1 fully saturated rings. The Bertz CT molecular complexity index is 1330. The van der Waals surface area contributed by atoms with E-state index in [1.54, 1.807) is 30.4 Å². The van der Waals surface area contributed by atoms with E-state index in [0.717, 1.165) is 29.1 Å². The number of aromatic amines is 1. The van der Waals surface area contributed by atoms with E-state index in [4.69, 9.17) is 0 Å². The van der Waals surface area contributed by atoms with Crippen LogP contribution in [0.5, 0.6) is 0 Å². The van der Waals surface area contributed by atoms with Gasteiger partial charge in [-0.25, -0.2) is 19.0 Å². The Morgan fingerprint density at radius 1 is 1.19 bits per heavy atom. The number of aryl methyl sites for hydroxylation is 2. The molecule has 4 aromatic rings. The van der Waals surface area contributed by atoms with Crippen molar-refractivity contribution in [3.05, 3.63) is 77.8 Å². The molecule has 37 heavy (non-hydrogen) atoms. The molecule has 0 radical (unpaired) electrons. The van der Waals surface area contributed by atoms with Gasteiger partial charge in [0, 0.05) is 37.1 Å². The first kappa shape index (κ1) is 26.0. The van der Waals surface area contributed by atoms with Crippen LogP contribution in [-0.4, -0.2) is 59.0 Å². The van der Waals surface area contributed by atoms with E-state index in [0.29, 0.717) is 18.7 Å². The second kappa shape index (κ2) is 11.3. The van der Waals surface area contributed by atoms with Gasteiger partial charge in [-0.2, -0.15) is 10.2 Å². The lowest BCUT2D eigenvalue weighted by Crippen LogP contribution is -2.42. The van der Waals surface area contributed by atoms with Crippen LogP contribution in [0, 0.1) is 25.6 Å². The van der Waals surface area contributed by atoms with Crippen LogP contribution < -0.4 is 5.32 Å². The zero-order chi connectivity index (χ0) is 26.5. The highest BCUT2D eigenvalue weighted by atomic mass is 19.1. The van der Waals surface area contributed by atoms with Crippen LogP contribution >= 0.6 is 0 Å². The van der Waals surface area contributed by atoms with Crippen molar-refractivity contribution in [3.8, 4) is 5.82 Å². The largest absolute Gasteiger partial charge is 0.393 e. The van der Waals surface area contributed by atoms with Gasteiger partial charge in [-0.3, -0.25) is 9.89 Å². The van der Waals surface area contributed by atoms with Gasteiger partial charge in [0.1, 0.15) is 5.82 Å². The minimum absolute atomic E-state index is 0.0426. The number of carbonyl (C=O) groups is 1. The van der Waals surface area contributed by atoms with E-state index in [1.165, 1.54) is 16.4 Å². The molecule has 1 amide bonds. The zero-order valence-electron chi connectivity index (χ0n) is 21.3. The summed E-state index contributed by atoms with van der Waals surface area (Å²) >= 11 is 0. The topological polar surface area (TPSA) is 125 Å². The molecule has 0 spiro atoms. The Morgan fingerprint density at radius 2 is 1.97 bits per heavy atom. The number of amides is 1. The second-order valence-electron chi connectivity index (χ2n) is 9.28. The number of hydrogen-bond donors (Lipinski definition) is 3. The van der Waals surface area contributed by atoms with Gasteiger partial charge in [0.2, 0.25) is 5.91 Å². The Kier molecular flexibility index (Phi) is 7.92. The lowest BCUT2D eigenvalue weighted by molar-refractivity contribution is -0.143. The predicted octanol–water partition coefficient (Wildman–Crippen LogP) is 3.86. The smallest absolute Gasteiger partial charge is 0.226 e. The van der Waals surface area contributed by atoms with Crippen LogP contribution in [0.4, 0.5) is 16.0 Å². The molecule has 0 bridgehead atoms. The highest BCUT2D eigenvalue weighted by molar-refractivity contribution is 5.80. The SMILES string of the molecule is CC(c1ccc(-n2cc(F)cn2)nc1)N(C)C(=O)C1CC(O)C1.Cc1ccnc(Nc2cc(C)[nH]n2)c1. The van der Waals surface area contributed by atoms with Crippen molar-refractivity contribution in [2.45, 2.75) is 45.8 Å². The van der Waals surface area contributed by atoms with Gasteiger partial charge in [-0.05, 0) is 62.9 Å². The van der Waals surface area contributed by atoms with E-state index < -0.39 is 5.82 Å². The van der Waals surface area contributed by atoms with Crippen molar-refractivity contribution in [1.82, 2.24) is 34.8 Å². The van der Waals surface area contributed by atoms with Crippen LogP contribution in [-0.2, 0) is 4.79 Å². The van der Waals surface area contributed by atoms with Crippen molar-refractivity contribution in [2.24, 2.45) is 5.92 Å². The number of halogens is 1. The average molecular weight is 507 g/mol. The summed E-state index contributed by atoms with van der Waals surface area (Å²) in [4.78, 5) is 22.4. The lowest BCUT2D eigenvalue weighted by Gasteiger charge is -2.35. The maximum atomic E-state index is 13.0. The summed E-state index contributed by atoms with van der Waals surface area (Å²) in [5, 5.41) is 23.2. The highest BCUT2D eigenvalue weighted by Crippen LogP contribution is 2.31. The minimum Gasteiger partial charge on any atom is -0.393 e. The van der Waals surface area contributed by atoms with Gasteiger partial charge >= 0.3 is 0 Å². The third-order valence-electron chi connectivity index (χ3n) is 6.31. The Labute approximate surface area is 214 Å². The van der Waals surface area contributed by atoms with Crippen molar-refractivity contribution in [1.29, 1.82) is 0 Å². The zero-order valence-corrected chi connectivity index (χ0v) is 21.3. The van der Waals surface area contributed by atoms with Crippen molar-refractivity contribution >= 4 is 17.5 Å². The van der Waals surface area contributed by atoms with Gasteiger partial charge in [-0.1, -0.05) is 6.07 Å². The molecular weight excluding hydrogens is 475 g/mol. The molecule has 0 aliphatic heterocycles. The number of aliphatic hydroxyl groups excluding tert-OH is 1. The third kappa shape index (κ3) is 6.56. The first-order valence-electron chi connectivity index (χ1n) is 12.0. The van der Waals surface area contributed by atoms with Crippen LogP contribution in [0.15, 0.2) is 55.1 Å². The quantitative estimate of drug-likeness (QED) is 0.363. The molecule has 1 atom stereocenters. The van der Waals surface area contributed by atoms with Crippen LogP contribution in [0.25, 0.3) is 5.82 Å². The predicted molar refractivity (Wildman–Crippen MR) is 137 cm³/mol. The number of nitrogens with one attached hydrogen (secondary N) is 2. The van der Waals surface area contributed by atoms with Crippen molar-refractivity contribution in [2.75, 3.05) is 12.4 Å². The molecule has 4 aromatic heterocycles. The Hall–Kier alpha value is -4.12. The van der Waals surface area contributed by atoms with Gasteiger partial charge in [0.15, 0.2) is 17.5 Å². The summed E-state index contributed by atoms with van der Waals surface area (Å²) in [5.41, 5.74) is 3.09. The maximum Gasteiger partial charge on any atom is 0.226 e. The molecule has 1 unspecified atom stereocenters. The number of H-pyrrole nitrogens is 1. The minimum atomic E-state index is -0.419.